The molecule has 5 nitrogen and oxygen atoms in total. The predicted octanol–water partition coefficient (Wildman–Crippen LogP) is 4.69. The van der Waals surface area contributed by atoms with Crippen LogP contribution < -0.4 is 0 Å². The third kappa shape index (κ3) is 4.18. The highest BCUT2D eigenvalue weighted by atomic mass is 19.1. The van der Waals surface area contributed by atoms with Crippen molar-refractivity contribution >= 4 is 17.0 Å². The summed E-state index contributed by atoms with van der Waals surface area (Å²) in [6, 6.07) is 18.8. The van der Waals surface area contributed by atoms with Crippen molar-refractivity contribution in [1.29, 1.82) is 0 Å². The summed E-state index contributed by atoms with van der Waals surface area (Å²) in [7, 11) is 0. The van der Waals surface area contributed by atoms with Crippen molar-refractivity contribution in [3.05, 3.63) is 95.1 Å². The van der Waals surface area contributed by atoms with Gasteiger partial charge in [-0.2, -0.15) is 0 Å². The molecule has 0 atom stereocenters. The van der Waals surface area contributed by atoms with Crippen molar-refractivity contribution in [3.8, 4) is 0 Å². The molecule has 1 aliphatic rings. The van der Waals surface area contributed by atoms with Gasteiger partial charge in [0.05, 0.1) is 11.8 Å². The summed E-state index contributed by atoms with van der Waals surface area (Å²) in [5.41, 5.74) is 5.77. The summed E-state index contributed by atoms with van der Waals surface area (Å²) < 4.78 is 20.8. The van der Waals surface area contributed by atoms with E-state index >= 15 is 0 Å². The van der Waals surface area contributed by atoms with Gasteiger partial charge in [0.25, 0.3) is 5.91 Å². The standard InChI is InChI=1S/C26H26FN3O2/c1-19-2-4-21(5-3-19)18-30-23-10-15-32-25(23)16-24(30)26(31)29-13-11-28(12-14-29)17-20-6-8-22(27)9-7-20/h2-10,15-16H,11-14,17-18H2,1H3. The molecule has 0 bridgehead atoms. The summed E-state index contributed by atoms with van der Waals surface area (Å²) >= 11 is 0. The predicted molar refractivity (Wildman–Crippen MR) is 122 cm³/mol. The molecule has 1 aliphatic heterocycles. The second kappa shape index (κ2) is 8.63. The third-order valence-electron chi connectivity index (χ3n) is 6.18. The fourth-order valence-corrected chi connectivity index (χ4v) is 4.32. The first-order chi connectivity index (χ1) is 15.6. The van der Waals surface area contributed by atoms with Crippen molar-refractivity contribution in [2.45, 2.75) is 20.0 Å². The molecular weight excluding hydrogens is 405 g/mol. The van der Waals surface area contributed by atoms with E-state index in [1.54, 1.807) is 6.26 Å². The normalized spacial score (nSPS) is 14.9. The van der Waals surface area contributed by atoms with Crippen LogP contribution in [-0.2, 0) is 13.1 Å². The summed E-state index contributed by atoms with van der Waals surface area (Å²) in [5, 5.41) is 0. The first-order valence-electron chi connectivity index (χ1n) is 11.0. The quantitative estimate of drug-likeness (QED) is 0.460. The van der Waals surface area contributed by atoms with Crippen LogP contribution >= 0.6 is 0 Å². The van der Waals surface area contributed by atoms with Gasteiger partial charge in [-0.25, -0.2) is 4.39 Å². The Morgan fingerprint density at radius 3 is 2.28 bits per heavy atom. The minimum atomic E-state index is -0.219. The Morgan fingerprint density at radius 2 is 1.56 bits per heavy atom. The highest BCUT2D eigenvalue weighted by Crippen LogP contribution is 2.24. The van der Waals surface area contributed by atoms with Crippen LogP contribution in [0.4, 0.5) is 4.39 Å². The Bertz CT molecular complexity index is 1220. The van der Waals surface area contributed by atoms with Gasteiger partial charge in [0.1, 0.15) is 11.5 Å². The molecule has 0 aliphatic carbocycles. The summed E-state index contributed by atoms with van der Waals surface area (Å²) in [4.78, 5) is 17.7. The van der Waals surface area contributed by atoms with Crippen molar-refractivity contribution in [2.75, 3.05) is 26.2 Å². The average Bonchev–Trinajstić information content (AvgIpc) is 3.39. The lowest BCUT2D eigenvalue weighted by molar-refractivity contribution is 0.0619. The lowest BCUT2D eigenvalue weighted by atomic mass is 10.1. The van der Waals surface area contributed by atoms with Crippen LogP contribution in [0.15, 0.2) is 71.3 Å². The van der Waals surface area contributed by atoms with Crippen LogP contribution in [0.3, 0.4) is 0 Å². The van der Waals surface area contributed by atoms with Gasteiger partial charge in [0.15, 0.2) is 5.58 Å². The van der Waals surface area contributed by atoms with Crippen LogP contribution in [0.2, 0.25) is 0 Å². The van der Waals surface area contributed by atoms with E-state index in [0.717, 1.165) is 41.9 Å². The Balaban J connectivity index is 1.30. The van der Waals surface area contributed by atoms with E-state index < -0.39 is 0 Å². The van der Waals surface area contributed by atoms with Gasteiger partial charge in [0.2, 0.25) is 0 Å². The molecule has 0 N–H and O–H groups in total. The number of fused-ring (bicyclic) bond motifs is 1. The molecule has 6 heteroatoms. The van der Waals surface area contributed by atoms with E-state index in [1.807, 2.05) is 29.2 Å². The fourth-order valence-electron chi connectivity index (χ4n) is 4.32. The van der Waals surface area contributed by atoms with Gasteiger partial charge >= 0.3 is 0 Å². The summed E-state index contributed by atoms with van der Waals surface area (Å²) in [6.45, 7) is 6.36. The van der Waals surface area contributed by atoms with Crippen LogP contribution in [-0.4, -0.2) is 46.5 Å². The number of amides is 1. The molecule has 1 amide bonds. The SMILES string of the molecule is Cc1ccc(Cn2c(C(=O)N3CCN(Cc4ccc(F)cc4)CC3)cc3occc32)cc1. The largest absolute Gasteiger partial charge is 0.463 e. The molecule has 5 rings (SSSR count). The highest BCUT2D eigenvalue weighted by Gasteiger charge is 2.26. The van der Waals surface area contributed by atoms with Crippen molar-refractivity contribution in [3.63, 3.8) is 0 Å². The van der Waals surface area contributed by atoms with E-state index in [1.165, 1.54) is 17.7 Å². The summed E-state index contributed by atoms with van der Waals surface area (Å²) in [6.07, 6.45) is 1.67. The Hall–Kier alpha value is -3.38. The summed E-state index contributed by atoms with van der Waals surface area (Å²) in [5.74, 6) is -0.187. The Kier molecular flexibility index (Phi) is 5.53. The molecule has 2 aromatic carbocycles. The molecule has 4 aromatic rings. The number of halogens is 1. The molecule has 3 heterocycles. The van der Waals surface area contributed by atoms with E-state index in [0.29, 0.717) is 25.3 Å². The monoisotopic (exact) mass is 431 g/mol. The second-order valence-electron chi connectivity index (χ2n) is 8.47. The first kappa shape index (κ1) is 20.5. The highest BCUT2D eigenvalue weighted by molar-refractivity contribution is 5.97. The number of carbonyl (C=O) groups excluding carboxylic acids is 1. The molecular formula is C26H26FN3O2. The Labute approximate surface area is 186 Å². The van der Waals surface area contributed by atoms with Gasteiger partial charge in [-0.15, -0.1) is 0 Å². The zero-order chi connectivity index (χ0) is 22.1. The molecule has 0 saturated carbocycles. The number of hydrogen-bond acceptors (Lipinski definition) is 3. The molecule has 164 valence electrons. The van der Waals surface area contributed by atoms with Gasteiger partial charge in [-0.05, 0) is 30.2 Å². The number of nitrogens with zero attached hydrogens (tertiary/aromatic N) is 3. The number of piperazine rings is 1. The van der Waals surface area contributed by atoms with Gasteiger partial charge in [-0.1, -0.05) is 42.0 Å². The molecule has 0 unspecified atom stereocenters. The number of hydrogen-bond donors (Lipinski definition) is 0. The number of rotatable bonds is 5. The third-order valence-corrected chi connectivity index (χ3v) is 6.18. The maximum absolute atomic E-state index is 13.4. The number of aryl methyl sites for hydroxylation is 1. The zero-order valence-corrected chi connectivity index (χ0v) is 18.1. The van der Waals surface area contributed by atoms with Crippen LogP contribution in [0, 0.1) is 12.7 Å². The first-order valence-corrected chi connectivity index (χ1v) is 11.0. The molecule has 32 heavy (non-hydrogen) atoms. The molecule has 1 saturated heterocycles. The smallest absolute Gasteiger partial charge is 0.270 e. The Morgan fingerprint density at radius 1 is 0.906 bits per heavy atom. The maximum Gasteiger partial charge on any atom is 0.270 e. The maximum atomic E-state index is 13.4. The molecule has 1 fully saturated rings. The topological polar surface area (TPSA) is 41.6 Å². The number of aromatic nitrogens is 1. The van der Waals surface area contributed by atoms with Crippen molar-refractivity contribution in [1.82, 2.24) is 14.4 Å². The van der Waals surface area contributed by atoms with E-state index in [-0.39, 0.29) is 11.7 Å². The number of carbonyl (C=O) groups is 1. The molecule has 0 radical (unpaired) electrons. The number of benzene rings is 2. The lowest BCUT2D eigenvalue weighted by Crippen LogP contribution is -2.48. The van der Waals surface area contributed by atoms with Crippen LogP contribution in [0.5, 0.6) is 0 Å². The fraction of sp³-hybridized carbons (Fsp3) is 0.269. The van der Waals surface area contributed by atoms with Gasteiger partial charge in [-0.3, -0.25) is 9.69 Å². The van der Waals surface area contributed by atoms with E-state index in [9.17, 15) is 9.18 Å². The molecule has 0 spiro atoms. The average molecular weight is 432 g/mol. The van der Waals surface area contributed by atoms with Crippen LogP contribution in [0.1, 0.15) is 27.2 Å². The van der Waals surface area contributed by atoms with Gasteiger partial charge in [0, 0.05) is 51.4 Å². The second-order valence-corrected chi connectivity index (χ2v) is 8.47. The van der Waals surface area contributed by atoms with Crippen LogP contribution in [0.25, 0.3) is 11.1 Å². The molecule has 2 aromatic heterocycles. The van der Waals surface area contributed by atoms with E-state index in [2.05, 4.69) is 40.7 Å². The van der Waals surface area contributed by atoms with E-state index in [4.69, 9.17) is 4.42 Å². The number of furan rings is 1. The van der Waals surface area contributed by atoms with Crippen molar-refractivity contribution < 1.29 is 13.6 Å². The minimum Gasteiger partial charge on any atom is -0.463 e. The van der Waals surface area contributed by atoms with Gasteiger partial charge < -0.3 is 13.9 Å². The lowest BCUT2D eigenvalue weighted by Gasteiger charge is -2.35. The minimum absolute atomic E-state index is 0.0324. The zero-order valence-electron chi connectivity index (χ0n) is 18.1. The van der Waals surface area contributed by atoms with Crippen molar-refractivity contribution in [2.24, 2.45) is 0 Å².